The number of nitrogens with zero attached hydrogens (tertiary/aromatic N) is 2. The number of carbonyl (C=O) groups is 2. The number of unbranched alkanes of at least 4 members (excludes halogenated alkanes) is 1. The molecule has 1 atom stereocenters. The first-order valence-corrected chi connectivity index (χ1v) is 15.3. The third-order valence-electron chi connectivity index (χ3n) is 6.63. The van der Waals surface area contributed by atoms with Gasteiger partial charge in [-0.25, -0.2) is 8.42 Å². The molecule has 40 heavy (non-hydrogen) atoms. The van der Waals surface area contributed by atoms with E-state index in [1.54, 1.807) is 68.4 Å². The van der Waals surface area contributed by atoms with Crippen LogP contribution in [0.1, 0.15) is 43.4 Å². The van der Waals surface area contributed by atoms with Crippen molar-refractivity contribution in [3.63, 3.8) is 0 Å². The van der Waals surface area contributed by atoms with Gasteiger partial charge in [0.05, 0.1) is 10.6 Å². The van der Waals surface area contributed by atoms with Gasteiger partial charge in [0.1, 0.15) is 12.6 Å². The molecule has 0 fully saturated rings. The fourth-order valence-corrected chi connectivity index (χ4v) is 6.02. The molecule has 0 spiro atoms. The molecule has 3 aromatic carbocycles. The SMILES string of the molecule is CCCCNC(=O)[C@H](C)N(Cc1cccc(Cl)c1)C(=O)CN(c1cccc(Cl)c1C)S(=O)(=O)c1ccc(C)cc1. The van der Waals surface area contributed by atoms with Gasteiger partial charge in [-0.2, -0.15) is 0 Å². The highest BCUT2D eigenvalue weighted by Crippen LogP contribution is 2.31. The van der Waals surface area contributed by atoms with Gasteiger partial charge in [-0.1, -0.05) is 72.4 Å². The number of rotatable bonds is 12. The molecule has 214 valence electrons. The Balaban J connectivity index is 2.04. The third-order valence-corrected chi connectivity index (χ3v) is 9.05. The van der Waals surface area contributed by atoms with Crippen molar-refractivity contribution in [3.05, 3.63) is 93.5 Å². The Morgan fingerprint density at radius 2 is 1.65 bits per heavy atom. The van der Waals surface area contributed by atoms with Crippen molar-refractivity contribution in [1.82, 2.24) is 10.2 Å². The molecule has 2 amide bonds. The van der Waals surface area contributed by atoms with E-state index in [4.69, 9.17) is 23.2 Å². The van der Waals surface area contributed by atoms with Crippen LogP contribution in [0.2, 0.25) is 10.0 Å². The number of amides is 2. The van der Waals surface area contributed by atoms with Crippen LogP contribution in [0.3, 0.4) is 0 Å². The average molecular weight is 605 g/mol. The first-order valence-electron chi connectivity index (χ1n) is 13.1. The maximum atomic E-state index is 14.0. The zero-order chi connectivity index (χ0) is 29.4. The van der Waals surface area contributed by atoms with E-state index in [0.29, 0.717) is 27.7 Å². The van der Waals surface area contributed by atoms with Crippen LogP contribution in [0, 0.1) is 13.8 Å². The molecule has 0 aliphatic carbocycles. The van der Waals surface area contributed by atoms with Crippen molar-refractivity contribution in [2.24, 2.45) is 0 Å². The maximum absolute atomic E-state index is 14.0. The number of hydrogen-bond acceptors (Lipinski definition) is 4. The molecule has 3 rings (SSSR count). The summed E-state index contributed by atoms with van der Waals surface area (Å²) < 4.78 is 29.0. The van der Waals surface area contributed by atoms with Gasteiger partial charge >= 0.3 is 0 Å². The number of sulfonamides is 1. The smallest absolute Gasteiger partial charge is 0.264 e. The molecule has 0 unspecified atom stereocenters. The standard InChI is InChI=1S/C30H35Cl2N3O4S/c1-5-6-17-33-30(37)23(4)34(19-24-9-7-10-25(31)18-24)29(36)20-35(28-12-8-11-27(32)22(28)3)40(38,39)26-15-13-21(2)14-16-26/h7-16,18,23H,5-6,17,19-20H2,1-4H3,(H,33,37)/t23-/m0/s1. The minimum Gasteiger partial charge on any atom is -0.354 e. The summed E-state index contributed by atoms with van der Waals surface area (Å²) in [5.41, 5.74) is 2.40. The fraction of sp³-hybridized carbons (Fsp3) is 0.333. The van der Waals surface area contributed by atoms with Gasteiger partial charge in [0, 0.05) is 23.1 Å². The van der Waals surface area contributed by atoms with Crippen molar-refractivity contribution < 1.29 is 18.0 Å². The second-order valence-electron chi connectivity index (χ2n) is 9.68. The fourth-order valence-electron chi connectivity index (χ4n) is 4.17. The molecule has 0 heterocycles. The predicted molar refractivity (Wildman–Crippen MR) is 161 cm³/mol. The summed E-state index contributed by atoms with van der Waals surface area (Å²) in [6, 6.07) is 17.5. The highest BCUT2D eigenvalue weighted by molar-refractivity contribution is 7.92. The molecule has 0 aliphatic heterocycles. The van der Waals surface area contributed by atoms with Crippen molar-refractivity contribution in [1.29, 1.82) is 0 Å². The van der Waals surface area contributed by atoms with Crippen molar-refractivity contribution in [3.8, 4) is 0 Å². The summed E-state index contributed by atoms with van der Waals surface area (Å²) in [5.74, 6) is -0.871. The van der Waals surface area contributed by atoms with E-state index < -0.39 is 28.5 Å². The summed E-state index contributed by atoms with van der Waals surface area (Å²) in [7, 11) is -4.18. The second-order valence-corrected chi connectivity index (χ2v) is 12.4. The molecule has 0 saturated heterocycles. The number of hydrogen-bond donors (Lipinski definition) is 1. The summed E-state index contributed by atoms with van der Waals surface area (Å²) in [4.78, 5) is 28.5. The number of nitrogens with one attached hydrogen (secondary N) is 1. The lowest BCUT2D eigenvalue weighted by Crippen LogP contribution is -2.51. The van der Waals surface area contributed by atoms with Gasteiger partial charge < -0.3 is 10.2 Å². The zero-order valence-electron chi connectivity index (χ0n) is 23.2. The Hall–Kier alpha value is -3.07. The van der Waals surface area contributed by atoms with E-state index in [1.807, 2.05) is 13.8 Å². The van der Waals surface area contributed by atoms with Crippen LogP contribution in [-0.2, 0) is 26.2 Å². The molecule has 0 radical (unpaired) electrons. The average Bonchev–Trinajstić information content (AvgIpc) is 2.92. The van der Waals surface area contributed by atoms with E-state index in [0.717, 1.165) is 22.7 Å². The lowest BCUT2D eigenvalue weighted by Gasteiger charge is -2.32. The van der Waals surface area contributed by atoms with Crippen LogP contribution in [0.4, 0.5) is 5.69 Å². The molecule has 0 aromatic heterocycles. The van der Waals surface area contributed by atoms with Gasteiger partial charge in [0.2, 0.25) is 11.8 Å². The first kappa shape index (κ1) is 31.5. The predicted octanol–water partition coefficient (Wildman–Crippen LogP) is 6.14. The van der Waals surface area contributed by atoms with Crippen LogP contribution >= 0.6 is 23.2 Å². The van der Waals surface area contributed by atoms with Crippen molar-refractivity contribution in [2.45, 2.75) is 58.0 Å². The largest absolute Gasteiger partial charge is 0.354 e. The van der Waals surface area contributed by atoms with Crippen molar-refractivity contribution in [2.75, 3.05) is 17.4 Å². The quantitative estimate of drug-likeness (QED) is 0.252. The van der Waals surface area contributed by atoms with Crippen LogP contribution in [0.5, 0.6) is 0 Å². The first-order chi connectivity index (χ1) is 18.9. The number of halogens is 2. The highest BCUT2D eigenvalue weighted by atomic mass is 35.5. The van der Waals surface area contributed by atoms with Gasteiger partial charge in [-0.3, -0.25) is 13.9 Å². The van der Waals surface area contributed by atoms with E-state index in [1.165, 1.54) is 17.0 Å². The Labute approximate surface area is 247 Å². The van der Waals surface area contributed by atoms with Crippen LogP contribution in [0.15, 0.2) is 71.6 Å². The molecule has 7 nitrogen and oxygen atoms in total. The van der Waals surface area contributed by atoms with E-state index in [9.17, 15) is 18.0 Å². The Morgan fingerprint density at radius 1 is 0.975 bits per heavy atom. The Bertz CT molecular complexity index is 1450. The molecule has 0 bridgehead atoms. The molecule has 1 N–H and O–H groups in total. The lowest BCUT2D eigenvalue weighted by molar-refractivity contribution is -0.139. The summed E-state index contributed by atoms with van der Waals surface area (Å²) >= 11 is 12.6. The molecule has 3 aromatic rings. The molecular formula is C30H35Cl2N3O4S. The zero-order valence-corrected chi connectivity index (χ0v) is 25.5. The number of anilines is 1. The lowest BCUT2D eigenvalue weighted by atomic mass is 10.1. The van der Waals surface area contributed by atoms with Gasteiger partial charge in [-0.05, 0) is 74.7 Å². The molecule has 0 saturated carbocycles. The normalized spacial score (nSPS) is 12.1. The van der Waals surface area contributed by atoms with Crippen LogP contribution in [-0.4, -0.2) is 44.3 Å². The minimum absolute atomic E-state index is 0.0389. The van der Waals surface area contributed by atoms with Crippen LogP contribution in [0.25, 0.3) is 0 Å². The van der Waals surface area contributed by atoms with Gasteiger partial charge in [0.25, 0.3) is 10.0 Å². The Morgan fingerprint density at radius 3 is 2.30 bits per heavy atom. The highest BCUT2D eigenvalue weighted by Gasteiger charge is 2.33. The van der Waals surface area contributed by atoms with Crippen molar-refractivity contribution >= 4 is 50.7 Å². The molecule has 10 heteroatoms. The molecular weight excluding hydrogens is 569 g/mol. The monoisotopic (exact) mass is 603 g/mol. The van der Waals surface area contributed by atoms with Gasteiger partial charge in [-0.15, -0.1) is 0 Å². The number of aryl methyl sites for hydroxylation is 1. The topological polar surface area (TPSA) is 86.8 Å². The third kappa shape index (κ3) is 7.77. The summed E-state index contributed by atoms with van der Waals surface area (Å²) in [5, 5.41) is 3.73. The number of benzene rings is 3. The van der Waals surface area contributed by atoms with E-state index in [-0.39, 0.29) is 23.0 Å². The van der Waals surface area contributed by atoms with Crippen LogP contribution < -0.4 is 9.62 Å². The second kappa shape index (κ2) is 14.0. The Kier molecular flexibility index (Phi) is 11.0. The number of carbonyl (C=O) groups excluding carboxylic acids is 2. The summed E-state index contributed by atoms with van der Waals surface area (Å²) in [6.45, 7) is 7.22. The summed E-state index contributed by atoms with van der Waals surface area (Å²) in [6.07, 6.45) is 1.71. The molecule has 0 aliphatic rings. The minimum atomic E-state index is -4.18. The van der Waals surface area contributed by atoms with E-state index in [2.05, 4.69) is 5.32 Å². The van der Waals surface area contributed by atoms with Gasteiger partial charge in [0.15, 0.2) is 0 Å². The van der Waals surface area contributed by atoms with E-state index >= 15 is 0 Å². The maximum Gasteiger partial charge on any atom is 0.264 e.